The maximum atomic E-state index is 15.1. The minimum Gasteiger partial charge on any atom is -0.458 e. The quantitative estimate of drug-likeness (QED) is 0.137. The Morgan fingerprint density at radius 1 is 0.935 bits per heavy atom. The lowest BCUT2D eigenvalue weighted by Crippen LogP contribution is -2.78. The van der Waals surface area contributed by atoms with Crippen LogP contribution in [0.5, 0.6) is 0 Å². The second-order valence-corrected chi connectivity index (χ2v) is 18.8. The Kier molecular flexibility index (Phi) is 12.6. The van der Waals surface area contributed by atoms with E-state index >= 15 is 4.79 Å². The van der Waals surface area contributed by atoms with Gasteiger partial charge in [0.05, 0.1) is 23.0 Å². The van der Waals surface area contributed by atoms with E-state index in [1.807, 2.05) is 0 Å². The summed E-state index contributed by atoms with van der Waals surface area (Å²) in [5, 5.41) is 40.6. The summed E-state index contributed by atoms with van der Waals surface area (Å²) >= 11 is 0. The topological polar surface area (TPSA) is 221 Å². The molecule has 15 heteroatoms. The van der Waals surface area contributed by atoms with Crippen LogP contribution in [-0.2, 0) is 42.9 Å². The summed E-state index contributed by atoms with van der Waals surface area (Å²) in [6.07, 6.45) is -9.37. The number of carbonyl (C=O) groups excluding carboxylic acids is 6. The minimum atomic E-state index is -2.33. The Balaban J connectivity index is 1.53. The van der Waals surface area contributed by atoms with Gasteiger partial charge in [0.15, 0.2) is 5.78 Å². The van der Waals surface area contributed by atoms with Gasteiger partial charge in [-0.3, -0.25) is 14.4 Å². The highest BCUT2D eigenvalue weighted by molar-refractivity contribution is 5.94. The minimum absolute atomic E-state index is 0.0238. The lowest BCUT2D eigenvalue weighted by atomic mass is 9.41. The van der Waals surface area contributed by atoms with Gasteiger partial charge in [-0.05, 0) is 82.7 Å². The normalized spacial score (nSPS) is 32.2. The molecule has 3 fully saturated rings. The van der Waals surface area contributed by atoms with E-state index in [-0.39, 0.29) is 36.0 Å². The van der Waals surface area contributed by atoms with Crippen LogP contribution in [0.25, 0.3) is 0 Å². The summed E-state index contributed by atoms with van der Waals surface area (Å²) in [7, 11) is 0. The Morgan fingerprint density at radius 2 is 1.55 bits per heavy atom. The molecule has 0 saturated heterocycles. The second-order valence-electron chi connectivity index (χ2n) is 18.8. The summed E-state index contributed by atoms with van der Waals surface area (Å²) in [5.74, 6) is -6.36. The number of aliphatic hydroxyl groups is 3. The molecule has 1 amide bonds. The highest BCUT2D eigenvalue weighted by Crippen LogP contribution is 2.67. The summed E-state index contributed by atoms with van der Waals surface area (Å²) < 4.78 is 30.0. The van der Waals surface area contributed by atoms with Crippen molar-refractivity contribution in [3.8, 4) is 0 Å². The lowest BCUT2D eigenvalue weighted by molar-refractivity contribution is -0.296. The molecule has 11 atom stereocenters. The van der Waals surface area contributed by atoms with Gasteiger partial charge in [0.25, 0.3) is 0 Å². The molecule has 15 nitrogen and oxygen atoms in total. The Hall–Kier alpha value is -5.12. The average molecular weight is 862 g/mol. The van der Waals surface area contributed by atoms with Crippen molar-refractivity contribution >= 4 is 35.8 Å². The molecule has 0 heterocycles. The van der Waals surface area contributed by atoms with Gasteiger partial charge < -0.3 is 44.3 Å². The Labute approximate surface area is 361 Å². The van der Waals surface area contributed by atoms with Crippen molar-refractivity contribution in [2.75, 3.05) is 0 Å². The first-order valence-corrected chi connectivity index (χ1v) is 21.2. The molecule has 0 aliphatic heterocycles. The van der Waals surface area contributed by atoms with Crippen LogP contribution < -0.4 is 5.32 Å². The first-order valence-electron chi connectivity index (χ1n) is 21.2. The van der Waals surface area contributed by atoms with Crippen molar-refractivity contribution in [3.05, 3.63) is 82.9 Å². The van der Waals surface area contributed by atoms with Gasteiger partial charge in [-0.15, -0.1) is 0 Å². The molecule has 336 valence electrons. The molecular formula is C47H59NO14. The third-order valence-corrected chi connectivity index (χ3v) is 13.7. The number of alkyl carbamates (subject to hydrolysis) is 1. The van der Waals surface area contributed by atoms with Crippen molar-refractivity contribution in [3.63, 3.8) is 0 Å². The van der Waals surface area contributed by atoms with Crippen LogP contribution in [-0.4, -0.2) is 98.4 Å². The van der Waals surface area contributed by atoms with Crippen molar-refractivity contribution in [2.45, 2.75) is 148 Å². The molecule has 2 aromatic rings. The van der Waals surface area contributed by atoms with Gasteiger partial charge in [-0.1, -0.05) is 69.3 Å². The molecule has 3 saturated carbocycles. The zero-order chi connectivity index (χ0) is 45.7. The number of esters is 4. The number of hydrogen-bond acceptors (Lipinski definition) is 14. The number of aliphatic hydroxyl groups excluding tert-OH is 2. The number of fused-ring (bicyclic) bond motifs is 5. The van der Waals surface area contributed by atoms with Gasteiger partial charge in [0.2, 0.25) is 6.10 Å². The van der Waals surface area contributed by atoms with Gasteiger partial charge in [-0.25, -0.2) is 14.4 Å². The lowest BCUT2D eigenvalue weighted by Gasteiger charge is -2.68. The molecule has 2 aromatic carbocycles. The molecule has 2 bridgehead atoms. The standard InChI is InChI=1S/C47H59NO14/c1-10-32(51)59-36(34(27-17-13-11-14-18-27)48-42(56)62-43(4,5)6)41(55)58-30-24-47(57)39(60-40(54)28-19-15-12-16-20-28)37-45(9,38(53)35(52)33(25(30)2)44(47,7)8)31(50)23-29-21-22-46(29,37)61-26(3)49/h11-20,29-31,34-37,39,50,52,57H,10,21-24H2,1-9H3,(H,48,56)/t29-,30+,31+,34+,35-,36-,37?,39+,45-,46+,47-/m1/s1. The van der Waals surface area contributed by atoms with E-state index in [1.54, 1.807) is 83.1 Å². The van der Waals surface area contributed by atoms with Crippen LogP contribution >= 0.6 is 0 Å². The number of benzene rings is 2. The SMILES string of the molecule is CCC(=O)O[C@@H](C(=O)O[C@H]1C[C@@]2(O)[C@@H](OC(=O)c3ccccc3)C3[C@](C)(C(=O)[C@H](O)C(=C1C)C2(C)C)[C@@H](O)C[C@H]1CC[C@@]31OC(C)=O)[C@@H](NC(=O)OC(C)(C)C)c1ccccc1. The van der Waals surface area contributed by atoms with E-state index in [4.69, 9.17) is 23.7 Å². The zero-order valence-electron chi connectivity index (χ0n) is 36.8. The number of amides is 1. The number of Topliss-reactive ketones (excluding diaryl/α,β-unsaturated/α-hetero) is 1. The van der Waals surface area contributed by atoms with Crippen molar-refractivity contribution < 1.29 is 67.8 Å². The number of ether oxygens (including phenoxy) is 5. The van der Waals surface area contributed by atoms with Gasteiger partial charge >= 0.3 is 30.0 Å². The number of carbonyl (C=O) groups is 6. The summed E-state index contributed by atoms with van der Waals surface area (Å²) in [6.45, 7) is 13.8. The molecule has 0 aromatic heterocycles. The molecular weight excluding hydrogens is 803 g/mol. The number of rotatable bonds is 10. The van der Waals surface area contributed by atoms with E-state index in [0.29, 0.717) is 12.0 Å². The highest BCUT2D eigenvalue weighted by atomic mass is 16.6. The molecule has 4 aliphatic carbocycles. The number of ketones is 1. The molecule has 0 spiro atoms. The van der Waals surface area contributed by atoms with E-state index in [1.165, 1.54) is 39.8 Å². The van der Waals surface area contributed by atoms with Gasteiger partial charge in [-0.2, -0.15) is 0 Å². The van der Waals surface area contributed by atoms with Crippen molar-refractivity contribution in [1.29, 1.82) is 0 Å². The average Bonchev–Trinajstić information content (AvgIpc) is 3.20. The first kappa shape index (κ1) is 46.4. The van der Waals surface area contributed by atoms with Crippen LogP contribution in [0.2, 0.25) is 0 Å². The summed E-state index contributed by atoms with van der Waals surface area (Å²) in [5.41, 5.74) is -7.82. The fourth-order valence-electron chi connectivity index (χ4n) is 10.4. The highest BCUT2D eigenvalue weighted by Gasteiger charge is 2.77. The molecule has 0 radical (unpaired) electrons. The van der Waals surface area contributed by atoms with Crippen LogP contribution in [0.3, 0.4) is 0 Å². The third kappa shape index (κ3) is 8.03. The van der Waals surface area contributed by atoms with Crippen LogP contribution in [0.15, 0.2) is 71.8 Å². The molecule has 62 heavy (non-hydrogen) atoms. The molecule has 1 unspecified atom stereocenters. The monoisotopic (exact) mass is 861 g/mol. The van der Waals surface area contributed by atoms with E-state index < -0.39 is 118 Å². The Bertz CT molecular complexity index is 2110. The first-order chi connectivity index (χ1) is 28.9. The number of hydrogen-bond donors (Lipinski definition) is 4. The summed E-state index contributed by atoms with van der Waals surface area (Å²) in [6, 6.07) is 14.8. The second kappa shape index (κ2) is 16.9. The zero-order valence-corrected chi connectivity index (χ0v) is 36.8. The smallest absolute Gasteiger partial charge is 0.408 e. The summed E-state index contributed by atoms with van der Waals surface area (Å²) in [4.78, 5) is 83.4. The van der Waals surface area contributed by atoms with E-state index in [9.17, 15) is 39.3 Å². The van der Waals surface area contributed by atoms with E-state index in [0.717, 1.165) is 0 Å². The van der Waals surface area contributed by atoms with Gasteiger partial charge in [0.1, 0.15) is 41.2 Å². The van der Waals surface area contributed by atoms with Crippen molar-refractivity contribution in [1.82, 2.24) is 5.32 Å². The maximum absolute atomic E-state index is 15.1. The predicted molar refractivity (Wildman–Crippen MR) is 221 cm³/mol. The molecule has 4 aliphatic rings. The fraction of sp³-hybridized carbons (Fsp3) is 0.574. The predicted octanol–water partition coefficient (Wildman–Crippen LogP) is 5.23. The maximum Gasteiger partial charge on any atom is 0.408 e. The van der Waals surface area contributed by atoms with Crippen LogP contribution in [0.1, 0.15) is 116 Å². The van der Waals surface area contributed by atoms with Crippen molar-refractivity contribution in [2.24, 2.45) is 22.7 Å². The van der Waals surface area contributed by atoms with Crippen LogP contribution in [0.4, 0.5) is 4.79 Å². The largest absolute Gasteiger partial charge is 0.458 e. The van der Waals surface area contributed by atoms with Crippen LogP contribution in [0, 0.1) is 22.7 Å². The number of nitrogens with one attached hydrogen (secondary N) is 1. The molecule has 6 rings (SSSR count). The molecule has 4 N–H and O–H groups in total. The fourth-order valence-corrected chi connectivity index (χ4v) is 10.4. The van der Waals surface area contributed by atoms with Gasteiger partial charge in [0, 0.05) is 31.1 Å². The van der Waals surface area contributed by atoms with E-state index in [2.05, 4.69) is 5.32 Å². The third-order valence-electron chi connectivity index (χ3n) is 13.7. The Morgan fingerprint density at radius 3 is 2.10 bits per heavy atom.